The van der Waals surface area contributed by atoms with Gasteiger partial charge in [-0.1, -0.05) is 60.7 Å². The molecule has 0 aliphatic heterocycles. The van der Waals surface area contributed by atoms with E-state index < -0.39 is 5.60 Å². The predicted octanol–water partition coefficient (Wildman–Crippen LogP) is 5.75. The summed E-state index contributed by atoms with van der Waals surface area (Å²) >= 11 is 0. The van der Waals surface area contributed by atoms with Gasteiger partial charge in [0.1, 0.15) is 36.9 Å². The first-order valence-corrected chi connectivity index (χ1v) is 11.1. The summed E-state index contributed by atoms with van der Waals surface area (Å²) < 4.78 is 22.9. The van der Waals surface area contributed by atoms with Crippen molar-refractivity contribution in [3.8, 4) is 11.5 Å². The lowest BCUT2D eigenvalue weighted by Crippen LogP contribution is -2.26. The van der Waals surface area contributed by atoms with E-state index in [0.29, 0.717) is 26.2 Å². The molecule has 0 atom stereocenters. The molecule has 0 saturated heterocycles. The molecule has 0 aliphatic rings. The second kappa shape index (κ2) is 12.1. The largest absolute Gasteiger partial charge is 0.489 e. The van der Waals surface area contributed by atoms with Gasteiger partial charge in [-0.15, -0.1) is 0 Å². The summed E-state index contributed by atoms with van der Waals surface area (Å²) in [4.78, 5) is 11.8. The Morgan fingerprint density at radius 1 is 0.727 bits per heavy atom. The molecular formula is C28H32O5. The summed E-state index contributed by atoms with van der Waals surface area (Å²) in [6, 6.07) is 25.9. The number of esters is 1. The van der Waals surface area contributed by atoms with Crippen molar-refractivity contribution in [2.45, 2.75) is 46.0 Å². The third-order valence-electron chi connectivity index (χ3n) is 4.61. The zero-order valence-electron chi connectivity index (χ0n) is 19.6. The zero-order chi connectivity index (χ0) is 23.5. The van der Waals surface area contributed by atoms with Gasteiger partial charge in [-0.2, -0.15) is 0 Å². The van der Waals surface area contributed by atoms with Crippen LogP contribution in [0.25, 0.3) is 0 Å². The first-order chi connectivity index (χ1) is 15.9. The number of carbonyl (C=O) groups is 1. The number of carbonyl (C=O) groups excluding carboxylic acids is 1. The van der Waals surface area contributed by atoms with Crippen LogP contribution in [0.2, 0.25) is 0 Å². The highest BCUT2D eigenvalue weighted by Crippen LogP contribution is 2.25. The Balaban J connectivity index is 1.61. The molecule has 0 spiro atoms. The van der Waals surface area contributed by atoms with Gasteiger partial charge >= 0.3 is 5.97 Å². The molecule has 0 aliphatic carbocycles. The number of hydrogen-bond acceptors (Lipinski definition) is 5. The van der Waals surface area contributed by atoms with Gasteiger partial charge in [0.15, 0.2) is 0 Å². The van der Waals surface area contributed by atoms with Crippen LogP contribution < -0.4 is 9.47 Å². The summed E-state index contributed by atoms with van der Waals surface area (Å²) in [5.41, 5.74) is 2.68. The molecule has 0 heterocycles. The van der Waals surface area contributed by atoms with Gasteiger partial charge in [0, 0.05) is 6.07 Å². The van der Waals surface area contributed by atoms with Crippen molar-refractivity contribution in [1.29, 1.82) is 0 Å². The minimum Gasteiger partial charge on any atom is -0.489 e. The van der Waals surface area contributed by atoms with E-state index in [0.717, 1.165) is 28.2 Å². The molecule has 3 rings (SSSR count). The summed E-state index contributed by atoms with van der Waals surface area (Å²) in [7, 11) is 0. The highest BCUT2D eigenvalue weighted by Gasteiger charge is 2.16. The second-order valence-corrected chi connectivity index (χ2v) is 8.75. The third-order valence-corrected chi connectivity index (χ3v) is 4.61. The van der Waals surface area contributed by atoms with Gasteiger partial charge in [0.25, 0.3) is 0 Å². The van der Waals surface area contributed by atoms with Crippen LogP contribution in [0.15, 0.2) is 78.9 Å². The molecule has 0 N–H and O–H groups in total. The fourth-order valence-electron chi connectivity index (χ4n) is 3.14. The SMILES string of the molecule is CC(C)(C)OC(=O)COCCc1cc(OCc2ccccc2)cc(OCc2ccccc2)c1. The van der Waals surface area contributed by atoms with Crippen LogP contribution in [0.5, 0.6) is 11.5 Å². The first kappa shape index (κ1) is 24.3. The third kappa shape index (κ3) is 9.38. The molecule has 0 fully saturated rings. The standard InChI is InChI=1S/C28H32O5/c1-28(2,3)33-27(29)21-30-15-14-24-16-25(31-19-22-10-6-4-7-11-22)18-26(17-24)32-20-23-12-8-5-9-13-23/h4-13,16-18H,14-15,19-21H2,1-3H3. The van der Waals surface area contributed by atoms with Crippen LogP contribution in [-0.4, -0.2) is 24.8 Å². The molecule has 0 saturated carbocycles. The van der Waals surface area contributed by atoms with Crippen LogP contribution >= 0.6 is 0 Å². The maximum Gasteiger partial charge on any atom is 0.332 e. The van der Waals surface area contributed by atoms with Crippen molar-refractivity contribution < 1.29 is 23.7 Å². The average molecular weight is 449 g/mol. The Morgan fingerprint density at radius 3 is 1.73 bits per heavy atom. The fourth-order valence-corrected chi connectivity index (χ4v) is 3.14. The highest BCUT2D eigenvalue weighted by atomic mass is 16.6. The van der Waals surface area contributed by atoms with Gasteiger partial charge in [-0.25, -0.2) is 4.79 Å². The molecule has 3 aromatic carbocycles. The van der Waals surface area contributed by atoms with Gasteiger partial charge in [-0.3, -0.25) is 0 Å². The lowest BCUT2D eigenvalue weighted by atomic mass is 10.1. The monoisotopic (exact) mass is 448 g/mol. The average Bonchev–Trinajstić information content (AvgIpc) is 2.79. The second-order valence-electron chi connectivity index (χ2n) is 8.75. The Morgan fingerprint density at radius 2 is 1.24 bits per heavy atom. The van der Waals surface area contributed by atoms with E-state index in [1.165, 1.54) is 0 Å². The topological polar surface area (TPSA) is 54.0 Å². The molecule has 0 radical (unpaired) electrons. The van der Waals surface area contributed by atoms with Crippen molar-refractivity contribution >= 4 is 5.97 Å². The van der Waals surface area contributed by atoms with E-state index in [1.54, 1.807) is 0 Å². The van der Waals surface area contributed by atoms with Crippen molar-refractivity contribution in [3.05, 3.63) is 95.6 Å². The van der Waals surface area contributed by atoms with E-state index in [9.17, 15) is 4.79 Å². The number of rotatable bonds is 11. The summed E-state index contributed by atoms with van der Waals surface area (Å²) in [5.74, 6) is 1.09. The molecule has 0 bridgehead atoms. The van der Waals surface area contributed by atoms with E-state index in [1.807, 2.05) is 99.6 Å². The molecule has 174 valence electrons. The van der Waals surface area contributed by atoms with Crippen molar-refractivity contribution in [3.63, 3.8) is 0 Å². The minimum atomic E-state index is -0.518. The first-order valence-electron chi connectivity index (χ1n) is 11.1. The lowest BCUT2D eigenvalue weighted by Gasteiger charge is -2.19. The van der Waals surface area contributed by atoms with Gasteiger partial charge in [0.05, 0.1) is 6.61 Å². The Bertz CT molecular complexity index is 932. The Labute approximate surface area is 196 Å². The molecule has 5 heteroatoms. The number of ether oxygens (including phenoxy) is 4. The normalized spacial score (nSPS) is 11.1. The summed E-state index contributed by atoms with van der Waals surface area (Å²) in [6.07, 6.45) is 0.618. The van der Waals surface area contributed by atoms with Gasteiger partial charge in [-0.05, 0) is 56.0 Å². The highest BCUT2D eigenvalue weighted by molar-refractivity contribution is 5.71. The molecule has 0 amide bonds. The minimum absolute atomic E-state index is 0.0706. The van der Waals surface area contributed by atoms with Crippen LogP contribution in [0.1, 0.15) is 37.5 Å². The van der Waals surface area contributed by atoms with Gasteiger partial charge < -0.3 is 18.9 Å². The molecule has 5 nitrogen and oxygen atoms in total. The zero-order valence-corrected chi connectivity index (χ0v) is 19.6. The maximum absolute atomic E-state index is 11.8. The van der Waals surface area contributed by atoms with Crippen molar-refractivity contribution in [2.75, 3.05) is 13.2 Å². The molecule has 33 heavy (non-hydrogen) atoms. The summed E-state index contributed by atoms with van der Waals surface area (Å²) in [6.45, 7) is 6.77. The molecule has 0 unspecified atom stereocenters. The maximum atomic E-state index is 11.8. The van der Waals surface area contributed by atoms with Crippen LogP contribution in [0, 0.1) is 0 Å². The lowest BCUT2D eigenvalue weighted by molar-refractivity contribution is -0.160. The molecule has 3 aromatic rings. The fraction of sp³-hybridized carbons (Fsp3) is 0.321. The van der Waals surface area contributed by atoms with E-state index in [4.69, 9.17) is 18.9 Å². The van der Waals surface area contributed by atoms with Crippen LogP contribution in [-0.2, 0) is 33.9 Å². The van der Waals surface area contributed by atoms with Crippen LogP contribution in [0.4, 0.5) is 0 Å². The number of benzene rings is 3. The van der Waals surface area contributed by atoms with E-state index in [-0.39, 0.29) is 12.6 Å². The van der Waals surface area contributed by atoms with Crippen LogP contribution in [0.3, 0.4) is 0 Å². The summed E-state index contributed by atoms with van der Waals surface area (Å²) in [5, 5.41) is 0. The molecular weight excluding hydrogens is 416 g/mol. The van der Waals surface area contributed by atoms with Crippen molar-refractivity contribution in [1.82, 2.24) is 0 Å². The molecule has 0 aromatic heterocycles. The van der Waals surface area contributed by atoms with E-state index in [2.05, 4.69) is 0 Å². The smallest absolute Gasteiger partial charge is 0.332 e. The Kier molecular flexibility index (Phi) is 8.90. The van der Waals surface area contributed by atoms with Gasteiger partial charge in [0.2, 0.25) is 0 Å². The Hall–Kier alpha value is -3.31. The quantitative estimate of drug-likeness (QED) is 0.276. The van der Waals surface area contributed by atoms with Crippen molar-refractivity contribution in [2.24, 2.45) is 0 Å². The number of hydrogen-bond donors (Lipinski definition) is 0. The predicted molar refractivity (Wildman–Crippen MR) is 128 cm³/mol. The van der Waals surface area contributed by atoms with E-state index >= 15 is 0 Å².